The van der Waals surface area contributed by atoms with Gasteiger partial charge >= 0.3 is 5.97 Å². The minimum absolute atomic E-state index is 0. The van der Waals surface area contributed by atoms with E-state index >= 15 is 0 Å². The lowest BCUT2D eigenvalue weighted by molar-refractivity contribution is -0.137. The molecule has 2 aliphatic heterocycles. The van der Waals surface area contributed by atoms with Gasteiger partial charge in [0.2, 0.25) is 0 Å². The van der Waals surface area contributed by atoms with Crippen molar-refractivity contribution < 1.29 is 14.6 Å². The van der Waals surface area contributed by atoms with Gasteiger partial charge in [-0.3, -0.25) is 4.79 Å². The van der Waals surface area contributed by atoms with Gasteiger partial charge in [0, 0.05) is 33.0 Å². The summed E-state index contributed by atoms with van der Waals surface area (Å²) in [6, 6.07) is 11.9. The van der Waals surface area contributed by atoms with Crippen molar-refractivity contribution in [2.24, 2.45) is 0 Å². The van der Waals surface area contributed by atoms with Crippen LogP contribution in [0, 0.1) is 0 Å². The molecular formula is C24H26Cl3NO3. The lowest BCUT2D eigenvalue weighted by Gasteiger charge is -2.38. The third-order valence-corrected chi connectivity index (χ3v) is 6.86. The summed E-state index contributed by atoms with van der Waals surface area (Å²) in [4.78, 5) is 13.1. The van der Waals surface area contributed by atoms with Crippen LogP contribution in [-0.4, -0.2) is 42.2 Å². The lowest BCUT2D eigenvalue weighted by Crippen LogP contribution is -2.43. The van der Waals surface area contributed by atoms with Gasteiger partial charge in [0.1, 0.15) is 5.75 Å². The number of rotatable bonds is 6. The summed E-state index contributed by atoms with van der Waals surface area (Å²) in [5.74, 6) is 0.241. The van der Waals surface area contributed by atoms with Crippen molar-refractivity contribution >= 4 is 53.7 Å². The van der Waals surface area contributed by atoms with Crippen LogP contribution in [0.25, 0.3) is 12.2 Å². The van der Waals surface area contributed by atoms with Crippen LogP contribution in [0.3, 0.4) is 0 Å². The summed E-state index contributed by atoms with van der Waals surface area (Å²) < 4.78 is 6.10. The van der Waals surface area contributed by atoms with Crippen LogP contribution in [0.5, 0.6) is 5.75 Å². The molecule has 2 heterocycles. The zero-order chi connectivity index (χ0) is 21.1. The summed E-state index contributed by atoms with van der Waals surface area (Å²) in [6.45, 7) is 3.53. The number of halogens is 3. The molecule has 1 saturated heterocycles. The Bertz CT molecular complexity index is 948. The highest BCUT2D eigenvalue weighted by molar-refractivity contribution is 6.37. The van der Waals surface area contributed by atoms with Crippen molar-refractivity contribution in [1.29, 1.82) is 0 Å². The molecule has 0 saturated carbocycles. The molecule has 1 fully saturated rings. The summed E-state index contributed by atoms with van der Waals surface area (Å²) in [5, 5.41) is 10.1. The molecule has 31 heavy (non-hydrogen) atoms. The van der Waals surface area contributed by atoms with Gasteiger partial charge in [-0.25, -0.2) is 0 Å². The molecule has 166 valence electrons. The molecule has 7 heteroatoms. The van der Waals surface area contributed by atoms with Gasteiger partial charge in [-0.1, -0.05) is 53.6 Å². The summed E-state index contributed by atoms with van der Waals surface area (Å²) >= 11 is 12.5. The molecule has 4 nitrogen and oxygen atoms in total. The quantitative estimate of drug-likeness (QED) is 0.500. The highest BCUT2D eigenvalue weighted by Crippen LogP contribution is 2.46. The molecule has 0 aromatic heterocycles. The standard InChI is InChI=1S/C24H25Cl2NO3.ClH/c25-20-3-1-4-21(26)18(20)8-6-17-7-9-19-22(15-17)30-16-24(19)10-13-27(14-11-24)12-2-5-23(28)29;/h1,3-4,6-9,15H,2,5,10-14,16H2,(H,28,29);1H/b8-6+;. The Hall–Kier alpha value is -1.72. The van der Waals surface area contributed by atoms with Gasteiger partial charge in [-0.15, -0.1) is 12.4 Å². The molecule has 4 rings (SSSR count). The van der Waals surface area contributed by atoms with Crippen molar-refractivity contribution in [1.82, 2.24) is 4.90 Å². The van der Waals surface area contributed by atoms with Crippen LogP contribution in [0.15, 0.2) is 36.4 Å². The van der Waals surface area contributed by atoms with Crippen molar-refractivity contribution in [2.75, 3.05) is 26.2 Å². The van der Waals surface area contributed by atoms with Crippen LogP contribution in [0.2, 0.25) is 10.0 Å². The van der Waals surface area contributed by atoms with E-state index in [0.717, 1.165) is 56.0 Å². The SMILES string of the molecule is Cl.O=C(O)CCCN1CCC2(CC1)COc1cc(/C=C/c3c(Cl)cccc3Cl)ccc12. The second kappa shape index (κ2) is 10.3. The second-order valence-electron chi connectivity index (χ2n) is 8.13. The molecule has 2 aliphatic rings. The number of ether oxygens (including phenoxy) is 1. The maximum atomic E-state index is 10.7. The third-order valence-electron chi connectivity index (χ3n) is 6.20. The Morgan fingerprint density at radius 2 is 1.84 bits per heavy atom. The highest BCUT2D eigenvalue weighted by Gasteiger charge is 2.42. The van der Waals surface area contributed by atoms with Crippen LogP contribution in [0.1, 0.15) is 42.4 Å². The van der Waals surface area contributed by atoms with Crippen LogP contribution >= 0.6 is 35.6 Å². The number of carbonyl (C=O) groups is 1. The molecular weight excluding hydrogens is 457 g/mol. The van der Waals surface area contributed by atoms with E-state index in [1.807, 2.05) is 30.4 Å². The zero-order valence-corrected chi connectivity index (χ0v) is 19.5. The summed E-state index contributed by atoms with van der Waals surface area (Å²) in [7, 11) is 0. The molecule has 0 atom stereocenters. The first-order valence-electron chi connectivity index (χ1n) is 10.3. The average Bonchev–Trinajstić information content (AvgIpc) is 3.06. The van der Waals surface area contributed by atoms with Crippen LogP contribution in [-0.2, 0) is 10.2 Å². The fourth-order valence-corrected chi connectivity index (χ4v) is 4.94. The molecule has 0 aliphatic carbocycles. The van der Waals surface area contributed by atoms with E-state index in [1.165, 1.54) is 5.56 Å². The van der Waals surface area contributed by atoms with Crippen molar-refractivity contribution in [2.45, 2.75) is 31.1 Å². The fraction of sp³-hybridized carbons (Fsp3) is 0.375. The summed E-state index contributed by atoms with van der Waals surface area (Å²) in [5.41, 5.74) is 3.23. The monoisotopic (exact) mass is 481 g/mol. The second-order valence-corrected chi connectivity index (χ2v) is 8.95. The Morgan fingerprint density at radius 1 is 1.13 bits per heavy atom. The molecule has 2 aromatic carbocycles. The van der Waals surface area contributed by atoms with Crippen molar-refractivity contribution in [3.8, 4) is 5.75 Å². The van der Waals surface area contributed by atoms with E-state index in [0.29, 0.717) is 16.5 Å². The van der Waals surface area contributed by atoms with Crippen LogP contribution in [0.4, 0.5) is 0 Å². The predicted molar refractivity (Wildman–Crippen MR) is 129 cm³/mol. The van der Waals surface area contributed by atoms with Crippen molar-refractivity contribution in [3.63, 3.8) is 0 Å². The number of carboxylic acid groups (broad SMARTS) is 1. The Morgan fingerprint density at radius 3 is 2.52 bits per heavy atom. The molecule has 0 bridgehead atoms. The first-order chi connectivity index (χ1) is 14.5. The molecule has 0 radical (unpaired) electrons. The van der Waals surface area contributed by atoms with Gasteiger partial charge in [-0.05, 0) is 62.7 Å². The number of aliphatic carboxylic acids is 1. The number of nitrogens with zero attached hydrogens (tertiary/aromatic N) is 1. The number of hydrogen-bond donors (Lipinski definition) is 1. The minimum Gasteiger partial charge on any atom is -0.492 e. The summed E-state index contributed by atoms with van der Waals surface area (Å²) in [6.07, 6.45) is 6.97. The Balaban J connectivity index is 0.00000272. The highest BCUT2D eigenvalue weighted by atomic mass is 35.5. The number of carboxylic acids is 1. The van der Waals surface area contributed by atoms with E-state index in [-0.39, 0.29) is 24.2 Å². The lowest BCUT2D eigenvalue weighted by atomic mass is 9.74. The molecule has 0 amide bonds. The van der Waals surface area contributed by atoms with E-state index < -0.39 is 5.97 Å². The molecule has 0 unspecified atom stereocenters. The number of hydrogen-bond acceptors (Lipinski definition) is 3. The third kappa shape index (κ3) is 5.38. The Labute approximate surface area is 199 Å². The predicted octanol–water partition coefficient (Wildman–Crippen LogP) is 6.18. The maximum Gasteiger partial charge on any atom is 0.303 e. The maximum absolute atomic E-state index is 10.7. The first-order valence-corrected chi connectivity index (χ1v) is 11.1. The van der Waals surface area contributed by atoms with E-state index in [9.17, 15) is 4.79 Å². The fourth-order valence-electron chi connectivity index (χ4n) is 4.42. The van der Waals surface area contributed by atoms with Crippen molar-refractivity contribution in [3.05, 3.63) is 63.1 Å². The number of likely N-dealkylation sites (tertiary alicyclic amines) is 1. The number of fused-ring (bicyclic) bond motifs is 2. The number of piperidine rings is 1. The molecule has 1 N–H and O–H groups in total. The van der Waals surface area contributed by atoms with E-state index in [2.05, 4.69) is 23.1 Å². The molecule has 1 spiro atoms. The topological polar surface area (TPSA) is 49.8 Å². The van der Waals surface area contributed by atoms with E-state index in [4.69, 9.17) is 33.0 Å². The molecule has 2 aromatic rings. The van der Waals surface area contributed by atoms with Gasteiger partial charge in [0.05, 0.1) is 6.61 Å². The van der Waals surface area contributed by atoms with Gasteiger partial charge in [0.15, 0.2) is 0 Å². The minimum atomic E-state index is -0.719. The zero-order valence-electron chi connectivity index (χ0n) is 17.2. The first kappa shape index (κ1) is 23.9. The van der Waals surface area contributed by atoms with Crippen LogP contribution < -0.4 is 4.74 Å². The van der Waals surface area contributed by atoms with Gasteiger partial charge < -0.3 is 14.7 Å². The van der Waals surface area contributed by atoms with Gasteiger partial charge in [0.25, 0.3) is 0 Å². The van der Waals surface area contributed by atoms with Gasteiger partial charge in [-0.2, -0.15) is 0 Å². The largest absolute Gasteiger partial charge is 0.492 e. The smallest absolute Gasteiger partial charge is 0.303 e. The average molecular weight is 483 g/mol. The normalized spacial score (nSPS) is 17.4. The number of benzene rings is 2. The Kier molecular flexibility index (Phi) is 7.92. The van der Waals surface area contributed by atoms with E-state index in [1.54, 1.807) is 0 Å².